The van der Waals surface area contributed by atoms with Crippen LogP contribution in [0.15, 0.2) is 36.5 Å². The van der Waals surface area contributed by atoms with Crippen LogP contribution in [0.3, 0.4) is 0 Å². The van der Waals surface area contributed by atoms with Crippen LogP contribution in [0.2, 0.25) is 0 Å². The van der Waals surface area contributed by atoms with Gasteiger partial charge in [-0.2, -0.15) is 0 Å². The van der Waals surface area contributed by atoms with E-state index in [0.29, 0.717) is 35.5 Å². The number of hydrogen-bond donors (Lipinski definition) is 3. The van der Waals surface area contributed by atoms with Gasteiger partial charge < -0.3 is 20.3 Å². The zero-order chi connectivity index (χ0) is 35.9. The predicted octanol–water partition coefficient (Wildman–Crippen LogP) is 3.75. The molecule has 274 valence electrons. The van der Waals surface area contributed by atoms with Gasteiger partial charge in [-0.05, 0) is 56.6 Å². The highest BCUT2D eigenvalue weighted by atomic mass is 32.2. The number of anilines is 1. The number of hydrogen-bond acceptors (Lipinski definition) is 10. The van der Waals surface area contributed by atoms with Gasteiger partial charge >= 0.3 is 6.09 Å². The quantitative estimate of drug-likeness (QED) is 0.358. The Morgan fingerprint density at radius 3 is 2.73 bits per heavy atom. The zero-order valence-electron chi connectivity index (χ0n) is 28.4. The van der Waals surface area contributed by atoms with Crippen LogP contribution in [0.4, 0.5) is 14.3 Å². The third kappa shape index (κ3) is 7.48. The average molecular weight is 743 g/mol. The van der Waals surface area contributed by atoms with Crippen molar-refractivity contribution in [3.63, 3.8) is 0 Å². The maximum atomic E-state index is 14.4. The SMILES string of the molecule is CCc1cnc(N[C@H]2CCCCC/C=C\[C@@H]3C[C@@]3(C(=O)NS(=O)(=O)C3CC3)NC(=O)[C@@H]3C[C@@H](OC(=O)N4Cc5cccc(F)c5C4)CN3C2=O)s1. The van der Waals surface area contributed by atoms with Crippen molar-refractivity contribution in [2.75, 3.05) is 11.9 Å². The molecule has 51 heavy (non-hydrogen) atoms. The summed E-state index contributed by atoms with van der Waals surface area (Å²) in [6.45, 7) is 2.15. The number of ether oxygens (including phenoxy) is 1. The lowest BCUT2D eigenvalue weighted by molar-refractivity contribution is -0.140. The Hall–Kier alpha value is -4.05. The predicted molar refractivity (Wildman–Crippen MR) is 186 cm³/mol. The maximum Gasteiger partial charge on any atom is 0.410 e. The molecule has 13 nitrogen and oxygen atoms in total. The van der Waals surface area contributed by atoms with Crippen LogP contribution in [0.1, 0.15) is 80.7 Å². The minimum atomic E-state index is -3.89. The van der Waals surface area contributed by atoms with Gasteiger partial charge in [0.1, 0.15) is 29.5 Å². The summed E-state index contributed by atoms with van der Waals surface area (Å²) < 4.78 is 48.0. The molecule has 1 aromatic carbocycles. The van der Waals surface area contributed by atoms with Crippen LogP contribution in [0.5, 0.6) is 0 Å². The number of aryl methyl sites for hydroxylation is 1. The Morgan fingerprint density at radius 1 is 1.16 bits per heavy atom. The second-order valence-corrected chi connectivity index (χ2v) is 17.3. The van der Waals surface area contributed by atoms with Gasteiger partial charge in [-0.3, -0.25) is 24.0 Å². The number of benzene rings is 1. The Kier molecular flexibility index (Phi) is 9.82. The van der Waals surface area contributed by atoms with Crippen molar-refractivity contribution in [3.05, 3.63) is 58.4 Å². The number of thiazole rings is 1. The number of nitrogens with zero attached hydrogens (tertiary/aromatic N) is 3. The third-order valence-electron chi connectivity index (χ3n) is 10.5. The molecule has 3 aliphatic heterocycles. The average Bonchev–Trinajstić information content (AvgIpc) is 3.90. The molecule has 0 unspecified atom stereocenters. The summed E-state index contributed by atoms with van der Waals surface area (Å²) in [6.07, 6.45) is 9.55. The van der Waals surface area contributed by atoms with Gasteiger partial charge in [0.2, 0.25) is 21.8 Å². The molecule has 0 spiro atoms. The number of amides is 4. The van der Waals surface area contributed by atoms with Crippen molar-refractivity contribution in [1.82, 2.24) is 24.8 Å². The Balaban J connectivity index is 1.14. The first-order chi connectivity index (χ1) is 24.5. The number of carbonyl (C=O) groups is 4. The van der Waals surface area contributed by atoms with Gasteiger partial charge in [0, 0.05) is 35.5 Å². The van der Waals surface area contributed by atoms with E-state index in [1.54, 1.807) is 18.3 Å². The van der Waals surface area contributed by atoms with Gasteiger partial charge in [0.25, 0.3) is 5.91 Å². The Bertz CT molecular complexity index is 1850. The molecule has 1 saturated heterocycles. The number of halogens is 1. The fourth-order valence-corrected chi connectivity index (χ4v) is 9.43. The number of sulfonamides is 1. The molecule has 2 aliphatic carbocycles. The lowest BCUT2D eigenvalue weighted by atomic mass is 10.1. The summed E-state index contributed by atoms with van der Waals surface area (Å²) in [5.41, 5.74) is -0.395. The third-order valence-corrected chi connectivity index (χ3v) is 13.4. The molecule has 3 N–H and O–H groups in total. The Morgan fingerprint density at radius 2 is 1.98 bits per heavy atom. The number of carbonyl (C=O) groups excluding carboxylic acids is 4. The highest BCUT2D eigenvalue weighted by Gasteiger charge is 2.62. The van der Waals surface area contributed by atoms with Gasteiger partial charge in [-0.15, -0.1) is 11.3 Å². The second-order valence-electron chi connectivity index (χ2n) is 14.2. The van der Waals surface area contributed by atoms with Gasteiger partial charge in [0.15, 0.2) is 5.13 Å². The van der Waals surface area contributed by atoms with E-state index in [4.69, 9.17) is 4.74 Å². The number of fused-ring (bicyclic) bond motifs is 3. The van der Waals surface area contributed by atoms with Crippen molar-refractivity contribution in [1.29, 1.82) is 0 Å². The first-order valence-electron chi connectivity index (χ1n) is 17.8. The van der Waals surface area contributed by atoms with Crippen LogP contribution < -0.4 is 15.4 Å². The molecule has 0 bridgehead atoms. The summed E-state index contributed by atoms with van der Waals surface area (Å²) in [4.78, 5) is 63.9. The molecule has 16 heteroatoms. The fraction of sp³-hybridized carbons (Fsp3) is 0.571. The highest BCUT2D eigenvalue weighted by Crippen LogP contribution is 2.46. The summed E-state index contributed by atoms with van der Waals surface area (Å²) in [5.74, 6) is -2.63. The monoisotopic (exact) mass is 742 g/mol. The van der Waals surface area contributed by atoms with E-state index in [1.807, 2.05) is 19.1 Å². The first kappa shape index (κ1) is 35.4. The summed E-state index contributed by atoms with van der Waals surface area (Å²) in [7, 11) is -3.89. The fourth-order valence-electron chi connectivity index (χ4n) is 7.26. The largest absolute Gasteiger partial charge is 0.444 e. The molecule has 1 aromatic heterocycles. The van der Waals surface area contributed by atoms with Crippen LogP contribution in [0.25, 0.3) is 0 Å². The van der Waals surface area contributed by atoms with E-state index in [2.05, 4.69) is 20.3 Å². The number of rotatable bonds is 7. The van der Waals surface area contributed by atoms with Crippen molar-refractivity contribution in [2.24, 2.45) is 5.92 Å². The van der Waals surface area contributed by atoms with Crippen LogP contribution in [0, 0.1) is 11.7 Å². The summed E-state index contributed by atoms with van der Waals surface area (Å²) >= 11 is 1.45. The van der Waals surface area contributed by atoms with E-state index >= 15 is 0 Å². The number of nitrogens with one attached hydrogen (secondary N) is 3. The molecule has 3 fully saturated rings. The topological polar surface area (TPSA) is 167 Å². The van der Waals surface area contributed by atoms with Crippen LogP contribution in [-0.2, 0) is 48.7 Å². The maximum absolute atomic E-state index is 14.4. The molecule has 4 heterocycles. The summed E-state index contributed by atoms with van der Waals surface area (Å²) in [6, 6.07) is 2.84. The molecule has 2 aromatic rings. The van der Waals surface area contributed by atoms with Gasteiger partial charge in [-0.25, -0.2) is 22.6 Å². The van der Waals surface area contributed by atoms with Crippen molar-refractivity contribution >= 4 is 50.3 Å². The summed E-state index contributed by atoms with van der Waals surface area (Å²) in [5, 5.41) is 6.10. The number of allylic oxidation sites excluding steroid dienone is 1. The van der Waals surface area contributed by atoms with Crippen molar-refractivity contribution in [2.45, 2.75) is 113 Å². The molecular weight excluding hydrogens is 700 g/mol. The molecule has 2 saturated carbocycles. The lowest BCUT2D eigenvalue weighted by Crippen LogP contribution is -2.57. The standard InChI is InChI=1S/C35H43FN6O7S2/c1-2-24-17-37-33(50-24)38-28-12-7-5-3-4-6-10-22-16-35(22,32(45)40-51(47,48)25-13-14-25)39-30(43)29-15-23(19-42(29)31(28)44)49-34(46)41-18-21-9-8-11-27(36)26(21)20-41/h6,8-11,17,22-23,25,28-29H,2-5,7,12-16,18-20H2,1H3,(H,37,38)(H,39,43)(H,40,45)/b10-6-/t22-,23-,28+,29+,35-/m1/s1. The minimum absolute atomic E-state index is 0.0377. The van der Waals surface area contributed by atoms with Crippen molar-refractivity contribution < 1.29 is 36.7 Å². The molecular formula is C35H43FN6O7S2. The van der Waals surface area contributed by atoms with Gasteiger partial charge in [-0.1, -0.05) is 44.1 Å². The number of aromatic nitrogens is 1. The van der Waals surface area contributed by atoms with E-state index < -0.39 is 68.6 Å². The molecule has 5 atom stereocenters. The van der Waals surface area contributed by atoms with E-state index in [9.17, 15) is 32.0 Å². The normalized spacial score (nSPS) is 28.7. The Labute approximate surface area is 300 Å². The first-order valence-corrected chi connectivity index (χ1v) is 20.1. The van der Waals surface area contributed by atoms with Crippen LogP contribution >= 0.6 is 11.3 Å². The minimum Gasteiger partial charge on any atom is -0.444 e. The molecule has 5 aliphatic rings. The van der Waals surface area contributed by atoms with Crippen molar-refractivity contribution in [3.8, 4) is 0 Å². The molecule has 4 amide bonds. The highest BCUT2D eigenvalue weighted by molar-refractivity contribution is 7.91. The smallest absolute Gasteiger partial charge is 0.410 e. The van der Waals surface area contributed by atoms with E-state index in [-0.39, 0.29) is 38.4 Å². The molecule has 0 radical (unpaired) electrons. The zero-order valence-corrected chi connectivity index (χ0v) is 30.1. The van der Waals surface area contributed by atoms with E-state index in [1.165, 1.54) is 27.2 Å². The second kappa shape index (κ2) is 14.2. The molecule has 7 rings (SSSR count). The lowest BCUT2D eigenvalue weighted by Gasteiger charge is -2.29. The van der Waals surface area contributed by atoms with Gasteiger partial charge in [0.05, 0.1) is 18.3 Å². The van der Waals surface area contributed by atoms with E-state index in [0.717, 1.165) is 37.0 Å². The van der Waals surface area contributed by atoms with Crippen LogP contribution in [-0.4, -0.2) is 82.5 Å².